The average molecular weight is 388 g/mol. The summed E-state index contributed by atoms with van der Waals surface area (Å²) in [4.78, 5) is 13.6. The molecule has 0 bridgehead atoms. The molecule has 1 aliphatic heterocycles. The number of carboxylic acids is 1. The second kappa shape index (κ2) is 7.80. The predicted molar refractivity (Wildman–Crippen MR) is 103 cm³/mol. The number of benzene rings is 2. The van der Waals surface area contributed by atoms with Crippen molar-refractivity contribution in [1.29, 1.82) is 0 Å². The minimum Gasteiger partial charge on any atom is -0.478 e. The zero-order valence-corrected chi connectivity index (χ0v) is 16.3. The number of carboxylic acid groups (broad SMARTS) is 1. The van der Waals surface area contributed by atoms with E-state index in [-0.39, 0.29) is 17.6 Å². The van der Waals surface area contributed by atoms with Gasteiger partial charge >= 0.3 is 5.97 Å². The van der Waals surface area contributed by atoms with Gasteiger partial charge in [-0.05, 0) is 43.7 Å². The van der Waals surface area contributed by atoms with E-state index in [9.17, 15) is 13.2 Å². The van der Waals surface area contributed by atoms with Gasteiger partial charge in [0.25, 0.3) is 0 Å². The highest BCUT2D eigenvalue weighted by Crippen LogP contribution is 2.24. The van der Waals surface area contributed by atoms with Crippen LogP contribution in [0.4, 0.5) is 0 Å². The van der Waals surface area contributed by atoms with Gasteiger partial charge in [0.2, 0.25) is 10.0 Å². The number of piperazine rings is 1. The van der Waals surface area contributed by atoms with E-state index in [4.69, 9.17) is 5.11 Å². The third kappa shape index (κ3) is 4.21. The first-order valence-corrected chi connectivity index (χ1v) is 10.4. The van der Waals surface area contributed by atoms with Crippen LogP contribution in [0, 0.1) is 0 Å². The summed E-state index contributed by atoms with van der Waals surface area (Å²) in [6, 6.07) is 15.4. The number of rotatable bonds is 5. The Morgan fingerprint density at radius 2 is 1.56 bits per heavy atom. The highest BCUT2D eigenvalue weighted by Gasteiger charge is 2.35. The normalized spacial score (nSPS) is 21.9. The summed E-state index contributed by atoms with van der Waals surface area (Å²) in [6.07, 6.45) is 0. The number of nitrogens with zero attached hydrogens (tertiary/aromatic N) is 2. The van der Waals surface area contributed by atoms with Crippen LogP contribution in [-0.4, -0.2) is 53.9 Å². The molecule has 2 aromatic rings. The third-order valence-corrected chi connectivity index (χ3v) is 6.86. The van der Waals surface area contributed by atoms with Gasteiger partial charge < -0.3 is 5.11 Å². The maximum atomic E-state index is 12.9. The Hall–Kier alpha value is -2.22. The summed E-state index contributed by atoms with van der Waals surface area (Å²) in [7, 11) is -3.50. The summed E-state index contributed by atoms with van der Waals surface area (Å²) < 4.78 is 27.4. The topological polar surface area (TPSA) is 77.9 Å². The number of carbonyl (C=O) groups is 1. The van der Waals surface area contributed by atoms with Crippen LogP contribution in [0.3, 0.4) is 0 Å². The smallest absolute Gasteiger partial charge is 0.335 e. The first-order valence-electron chi connectivity index (χ1n) is 8.92. The van der Waals surface area contributed by atoms with Gasteiger partial charge in [-0.15, -0.1) is 0 Å². The molecule has 1 fully saturated rings. The molecule has 0 spiro atoms. The van der Waals surface area contributed by atoms with E-state index in [1.54, 1.807) is 46.8 Å². The lowest BCUT2D eigenvalue weighted by molar-refractivity contribution is 0.0691. The van der Waals surface area contributed by atoms with Crippen LogP contribution in [0.5, 0.6) is 0 Å². The average Bonchev–Trinajstić information content (AvgIpc) is 2.65. The van der Waals surface area contributed by atoms with E-state index in [0.29, 0.717) is 24.5 Å². The van der Waals surface area contributed by atoms with Crippen molar-refractivity contribution in [2.24, 2.45) is 0 Å². The molecule has 0 aliphatic carbocycles. The van der Waals surface area contributed by atoms with Crippen molar-refractivity contribution in [2.45, 2.75) is 37.4 Å². The zero-order valence-electron chi connectivity index (χ0n) is 15.4. The number of sulfonamides is 1. The first kappa shape index (κ1) is 19.5. The molecule has 7 heteroatoms. The van der Waals surface area contributed by atoms with Crippen molar-refractivity contribution in [3.63, 3.8) is 0 Å². The molecular formula is C20H24N2O4S. The molecule has 0 radical (unpaired) electrons. The Labute approximate surface area is 160 Å². The lowest BCUT2D eigenvalue weighted by Crippen LogP contribution is -2.57. The van der Waals surface area contributed by atoms with Crippen LogP contribution in [0.15, 0.2) is 59.5 Å². The Bertz CT molecular complexity index is 885. The minimum atomic E-state index is -3.50. The molecule has 2 aromatic carbocycles. The second-order valence-electron chi connectivity index (χ2n) is 7.01. The van der Waals surface area contributed by atoms with Gasteiger partial charge in [0.15, 0.2) is 0 Å². The summed E-state index contributed by atoms with van der Waals surface area (Å²) >= 11 is 0. The van der Waals surface area contributed by atoms with Crippen molar-refractivity contribution < 1.29 is 18.3 Å². The first-order chi connectivity index (χ1) is 12.8. The van der Waals surface area contributed by atoms with Crippen LogP contribution < -0.4 is 0 Å². The van der Waals surface area contributed by atoms with Crippen molar-refractivity contribution in [3.8, 4) is 0 Å². The Kier molecular flexibility index (Phi) is 5.64. The standard InChI is InChI=1S/C20H24N2O4S/c1-15-12-21(27(25,26)19-6-4-3-5-7-19)13-16(2)22(15)14-17-8-10-18(11-9-17)20(23)24/h3-11,15-16H,12-14H2,1-2H3,(H,23,24)/t15-,16+. The Morgan fingerprint density at radius 3 is 2.07 bits per heavy atom. The van der Waals surface area contributed by atoms with Crippen LogP contribution in [0.25, 0.3) is 0 Å². The van der Waals surface area contributed by atoms with Crippen LogP contribution in [-0.2, 0) is 16.6 Å². The van der Waals surface area contributed by atoms with E-state index in [1.165, 1.54) is 0 Å². The van der Waals surface area contributed by atoms with Gasteiger partial charge in [-0.25, -0.2) is 13.2 Å². The Morgan fingerprint density at radius 1 is 1.00 bits per heavy atom. The molecule has 1 heterocycles. The lowest BCUT2D eigenvalue weighted by Gasteiger charge is -2.43. The fourth-order valence-corrected chi connectivity index (χ4v) is 5.14. The predicted octanol–water partition coefficient (Wildman–Crippen LogP) is 2.67. The van der Waals surface area contributed by atoms with E-state index < -0.39 is 16.0 Å². The molecule has 0 unspecified atom stereocenters. The molecule has 0 aromatic heterocycles. The van der Waals surface area contributed by atoms with Crippen LogP contribution in [0.1, 0.15) is 29.8 Å². The minimum absolute atomic E-state index is 0.0476. The van der Waals surface area contributed by atoms with Gasteiger partial charge in [-0.2, -0.15) is 4.31 Å². The highest BCUT2D eigenvalue weighted by molar-refractivity contribution is 7.89. The third-order valence-electron chi connectivity index (χ3n) is 5.02. The SMILES string of the molecule is C[C@@H]1CN(S(=O)(=O)c2ccccc2)C[C@H](C)N1Cc1ccc(C(=O)O)cc1. The molecule has 0 amide bonds. The molecule has 1 saturated heterocycles. The molecule has 144 valence electrons. The maximum absolute atomic E-state index is 12.9. The second-order valence-corrected chi connectivity index (χ2v) is 8.95. The van der Waals surface area contributed by atoms with Gasteiger partial charge in [-0.1, -0.05) is 30.3 Å². The fourth-order valence-electron chi connectivity index (χ4n) is 3.52. The summed E-state index contributed by atoms with van der Waals surface area (Å²) in [5.74, 6) is -0.942. The summed E-state index contributed by atoms with van der Waals surface area (Å²) in [5.41, 5.74) is 1.27. The van der Waals surface area contributed by atoms with Crippen LogP contribution in [0.2, 0.25) is 0 Å². The number of hydrogen-bond donors (Lipinski definition) is 1. The Balaban J connectivity index is 1.73. The quantitative estimate of drug-likeness (QED) is 0.852. The van der Waals surface area contributed by atoms with E-state index in [2.05, 4.69) is 4.90 Å². The molecule has 1 aliphatic rings. The number of aromatic carboxylic acids is 1. The molecule has 0 saturated carbocycles. The number of hydrogen-bond acceptors (Lipinski definition) is 4. The van der Waals surface area contributed by atoms with Crippen molar-refractivity contribution >= 4 is 16.0 Å². The van der Waals surface area contributed by atoms with Gasteiger partial charge in [0.1, 0.15) is 0 Å². The van der Waals surface area contributed by atoms with Crippen molar-refractivity contribution in [3.05, 3.63) is 65.7 Å². The van der Waals surface area contributed by atoms with Crippen molar-refractivity contribution in [1.82, 2.24) is 9.21 Å². The van der Waals surface area contributed by atoms with Gasteiger partial charge in [-0.3, -0.25) is 4.90 Å². The molecular weight excluding hydrogens is 364 g/mol. The molecule has 27 heavy (non-hydrogen) atoms. The summed E-state index contributed by atoms with van der Waals surface area (Å²) in [5, 5.41) is 9.01. The lowest BCUT2D eigenvalue weighted by atomic mass is 10.1. The van der Waals surface area contributed by atoms with Gasteiger partial charge in [0.05, 0.1) is 10.5 Å². The molecule has 3 rings (SSSR count). The van der Waals surface area contributed by atoms with Crippen LogP contribution >= 0.6 is 0 Å². The summed E-state index contributed by atoms with van der Waals surface area (Å²) in [6.45, 7) is 5.55. The van der Waals surface area contributed by atoms with E-state index >= 15 is 0 Å². The molecule has 2 atom stereocenters. The van der Waals surface area contributed by atoms with Crippen molar-refractivity contribution in [2.75, 3.05) is 13.1 Å². The largest absolute Gasteiger partial charge is 0.478 e. The molecule has 6 nitrogen and oxygen atoms in total. The zero-order chi connectivity index (χ0) is 19.6. The monoisotopic (exact) mass is 388 g/mol. The highest BCUT2D eigenvalue weighted by atomic mass is 32.2. The van der Waals surface area contributed by atoms with E-state index in [1.807, 2.05) is 26.0 Å². The van der Waals surface area contributed by atoms with Gasteiger partial charge in [0, 0.05) is 31.7 Å². The fraction of sp³-hybridized carbons (Fsp3) is 0.350. The van der Waals surface area contributed by atoms with E-state index in [0.717, 1.165) is 5.56 Å². The molecule has 1 N–H and O–H groups in total. The maximum Gasteiger partial charge on any atom is 0.335 e.